The van der Waals surface area contributed by atoms with Gasteiger partial charge in [-0.15, -0.1) is 0 Å². The van der Waals surface area contributed by atoms with Crippen molar-refractivity contribution in [1.82, 2.24) is 14.9 Å². The minimum atomic E-state index is -0.0591. The van der Waals surface area contributed by atoms with E-state index < -0.39 is 0 Å². The number of aryl methyl sites for hydroxylation is 1. The lowest BCUT2D eigenvalue weighted by molar-refractivity contribution is 0.357. The Labute approximate surface area is 212 Å². The summed E-state index contributed by atoms with van der Waals surface area (Å²) >= 11 is 12.8. The van der Waals surface area contributed by atoms with Crippen molar-refractivity contribution >= 4 is 40.3 Å². The summed E-state index contributed by atoms with van der Waals surface area (Å²) in [5.41, 5.74) is 4.28. The highest BCUT2D eigenvalue weighted by atomic mass is 35.5. The molecule has 2 fully saturated rings. The predicted molar refractivity (Wildman–Crippen MR) is 145 cm³/mol. The van der Waals surface area contributed by atoms with Crippen LogP contribution in [0.3, 0.4) is 0 Å². The molecule has 0 spiro atoms. The molecule has 4 heterocycles. The highest BCUT2D eigenvalue weighted by Gasteiger charge is 2.42. The van der Waals surface area contributed by atoms with Crippen LogP contribution in [0, 0.1) is 11.8 Å². The van der Waals surface area contributed by atoms with E-state index in [9.17, 15) is 0 Å². The van der Waals surface area contributed by atoms with E-state index in [4.69, 9.17) is 23.8 Å². The molecule has 0 saturated carbocycles. The Balaban J connectivity index is 1.53. The van der Waals surface area contributed by atoms with Crippen LogP contribution in [-0.4, -0.2) is 27.8 Å². The first-order valence-corrected chi connectivity index (χ1v) is 12.9. The quantitative estimate of drug-likeness (QED) is 0.427. The third kappa shape index (κ3) is 4.29. The Kier molecular flexibility index (Phi) is 6.54. The van der Waals surface area contributed by atoms with Crippen LogP contribution in [-0.2, 0) is 6.54 Å². The molecule has 2 saturated heterocycles. The van der Waals surface area contributed by atoms with Crippen molar-refractivity contribution in [2.24, 2.45) is 11.8 Å². The van der Waals surface area contributed by atoms with Crippen molar-refractivity contribution in [3.05, 3.63) is 77.3 Å². The van der Waals surface area contributed by atoms with Gasteiger partial charge in [-0.2, -0.15) is 0 Å². The predicted octanol–water partition coefficient (Wildman–Crippen LogP) is 6.22. The normalized spacial score (nSPS) is 25.0. The van der Waals surface area contributed by atoms with Gasteiger partial charge in [0.2, 0.25) is 0 Å². The highest BCUT2D eigenvalue weighted by Crippen LogP contribution is 2.43. The first kappa shape index (κ1) is 23.2. The van der Waals surface area contributed by atoms with Crippen molar-refractivity contribution in [2.75, 3.05) is 22.9 Å². The number of halogens is 1. The van der Waals surface area contributed by atoms with E-state index in [0.717, 1.165) is 41.7 Å². The van der Waals surface area contributed by atoms with Crippen LogP contribution in [0.1, 0.15) is 50.7 Å². The first-order chi connectivity index (χ1) is 16.5. The summed E-state index contributed by atoms with van der Waals surface area (Å²) in [5, 5.41) is 5.00. The molecule has 178 valence electrons. The van der Waals surface area contributed by atoms with E-state index in [0.29, 0.717) is 16.9 Å². The maximum absolute atomic E-state index is 6.92. The van der Waals surface area contributed by atoms with Gasteiger partial charge in [-0.05, 0) is 79.9 Å². The van der Waals surface area contributed by atoms with Crippen LogP contribution in [0.2, 0.25) is 5.02 Å². The van der Waals surface area contributed by atoms with Crippen molar-refractivity contribution < 1.29 is 0 Å². The molecular weight excluding hydrogens is 462 g/mol. The summed E-state index contributed by atoms with van der Waals surface area (Å²) in [4.78, 5) is 9.29. The number of nitrogens with one attached hydrogen (secondary N) is 1. The Hall–Kier alpha value is -2.57. The second kappa shape index (κ2) is 9.59. The van der Waals surface area contributed by atoms with E-state index in [1.165, 1.54) is 12.1 Å². The molecule has 2 aliphatic heterocycles. The second-order valence-corrected chi connectivity index (χ2v) is 10.5. The number of thiocarbonyl (C=S) groups is 1. The highest BCUT2D eigenvalue weighted by molar-refractivity contribution is 7.80. The number of pyridine rings is 1. The van der Waals surface area contributed by atoms with Gasteiger partial charge in [0, 0.05) is 43.4 Å². The third-order valence-corrected chi connectivity index (χ3v) is 7.64. The summed E-state index contributed by atoms with van der Waals surface area (Å²) in [5.74, 6) is 1.33. The molecule has 34 heavy (non-hydrogen) atoms. The summed E-state index contributed by atoms with van der Waals surface area (Å²) in [6, 6.07) is 16.6. The number of aromatic nitrogens is 2. The van der Waals surface area contributed by atoms with Crippen LogP contribution < -0.4 is 15.1 Å². The zero-order chi connectivity index (χ0) is 23.8. The molecule has 2 aliphatic rings. The molecule has 0 unspecified atom stereocenters. The molecule has 7 heteroatoms. The van der Waals surface area contributed by atoms with Gasteiger partial charge >= 0.3 is 0 Å². The second-order valence-electron chi connectivity index (χ2n) is 9.70. The lowest BCUT2D eigenvalue weighted by Crippen LogP contribution is -2.38. The molecule has 0 radical (unpaired) electrons. The molecule has 0 amide bonds. The van der Waals surface area contributed by atoms with E-state index in [-0.39, 0.29) is 12.1 Å². The number of benzene rings is 1. The van der Waals surface area contributed by atoms with Crippen LogP contribution in [0.25, 0.3) is 0 Å². The molecule has 4 atom stereocenters. The van der Waals surface area contributed by atoms with Gasteiger partial charge in [0.1, 0.15) is 6.04 Å². The lowest BCUT2D eigenvalue weighted by Gasteiger charge is -2.37. The number of anilines is 2. The molecule has 0 bridgehead atoms. The fraction of sp³-hybridized carbons (Fsp3) is 0.407. The van der Waals surface area contributed by atoms with Gasteiger partial charge in [0.25, 0.3) is 0 Å². The van der Waals surface area contributed by atoms with E-state index in [1.807, 2.05) is 18.3 Å². The standard InChI is InChI=1S/C27H32ClN5S/c1-4-31-13-7-9-24(31)26-25(22-8-5-6-12-29-22)30-27(34)33(26)20-10-11-23(21(28)15-20)32-16-18(2)14-19(3)17-32/h5-13,15,18-19,25-26H,4,14,16-17H2,1-3H3,(H,30,34)/t18-,19+,25-,26-/m1/s1. The topological polar surface area (TPSA) is 36.3 Å². The largest absolute Gasteiger partial charge is 0.370 e. The fourth-order valence-corrected chi connectivity index (χ4v) is 6.32. The van der Waals surface area contributed by atoms with Gasteiger partial charge in [0.05, 0.1) is 22.4 Å². The number of hydrogen-bond acceptors (Lipinski definition) is 3. The number of hydrogen-bond donors (Lipinski definition) is 1. The van der Waals surface area contributed by atoms with Gasteiger partial charge in [-0.3, -0.25) is 4.98 Å². The van der Waals surface area contributed by atoms with Gasteiger partial charge in [0.15, 0.2) is 5.11 Å². The Morgan fingerprint density at radius 1 is 1.09 bits per heavy atom. The summed E-state index contributed by atoms with van der Waals surface area (Å²) in [7, 11) is 0. The van der Waals surface area contributed by atoms with Crippen molar-refractivity contribution in [2.45, 2.75) is 45.8 Å². The molecule has 2 aromatic heterocycles. The Bertz CT molecular complexity index is 1150. The van der Waals surface area contributed by atoms with Crippen molar-refractivity contribution in [3.8, 4) is 0 Å². The molecule has 5 nitrogen and oxygen atoms in total. The van der Waals surface area contributed by atoms with Crippen LogP contribution in [0.5, 0.6) is 0 Å². The van der Waals surface area contributed by atoms with E-state index in [1.54, 1.807) is 0 Å². The lowest BCUT2D eigenvalue weighted by atomic mass is 9.91. The van der Waals surface area contributed by atoms with Crippen molar-refractivity contribution in [1.29, 1.82) is 0 Å². The minimum absolute atomic E-state index is 0.0331. The number of rotatable bonds is 5. The molecule has 3 aromatic rings. The molecule has 5 rings (SSSR count). The summed E-state index contributed by atoms with van der Waals surface area (Å²) < 4.78 is 2.27. The fourth-order valence-electron chi connectivity index (χ4n) is 5.68. The van der Waals surface area contributed by atoms with Gasteiger partial charge in [-0.25, -0.2) is 0 Å². The third-order valence-electron chi connectivity index (χ3n) is 7.03. The average molecular weight is 494 g/mol. The maximum atomic E-state index is 6.92. The van der Waals surface area contributed by atoms with Gasteiger partial charge in [-0.1, -0.05) is 31.5 Å². The smallest absolute Gasteiger partial charge is 0.174 e. The van der Waals surface area contributed by atoms with Crippen LogP contribution in [0.4, 0.5) is 11.4 Å². The zero-order valence-corrected chi connectivity index (χ0v) is 21.6. The Morgan fingerprint density at radius 2 is 1.88 bits per heavy atom. The molecule has 0 aliphatic carbocycles. The number of piperidine rings is 1. The van der Waals surface area contributed by atoms with Gasteiger partial charge < -0.3 is 19.7 Å². The van der Waals surface area contributed by atoms with E-state index >= 15 is 0 Å². The molecule has 1 aromatic carbocycles. The van der Waals surface area contributed by atoms with E-state index in [2.05, 4.69) is 88.0 Å². The minimum Gasteiger partial charge on any atom is -0.370 e. The van der Waals surface area contributed by atoms with Crippen molar-refractivity contribution in [3.63, 3.8) is 0 Å². The maximum Gasteiger partial charge on any atom is 0.174 e. The first-order valence-electron chi connectivity index (χ1n) is 12.2. The number of nitrogens with zero attached hydrogens (tertiary/aromatic N) is 4. The summed E-state index contributed by atoms with van der Waals surface area (Å²) in [6.45, 7) is 9.79. The SMILES string of the molecule is CCn1cccc1[C@@H]1[C@@H](c2ccccn2)NC(=S)N1c1ccc(N2C[C@H](C)C[C@H](C)C2)c(Cl)c1. The summed E-state index contributed by atoms with van der Waals surface area (Å²) in [6.07, 6.45) is 5.23. The Morgan fingerprint density at radius 3 is 2.56 bits per heavy atom. The molecule has 1 N–H and O–H groups in total. The average Bonchev–Trinajstić information content (AvgIpc) is 3.42. The molecular formula is C27H32ClN5S. The zero-order valence-electron chi connectivity index (χ0n) is 20.0. The monoisotopic (exact) mass is 493 g/mol. The van der Waals surface area contributed by atoms with Crippen LogP contribution in [0.15, 0.2) is 60.9 Å². The van der Waals surface area contributed by atoms with Crippen LogP contribution >= 0.6 is 23.8 Å².